The molecule has 0 spiro atoms. The van der Waals surface area contributed by atoms with Gasteiger partial charge in [0, 0.05) is 6.07 Å². The fourth-order valence-electron chi connectivity index (χ4n) is 1.37. The van der Waals surface area contributed by atoms with E-state index in [9.17, 15) is 13.2 Å². The summed E-state index contributed by atoms with van der Waals surface area (Å²) in [5.41, 5.74) is 0.233. The van der Waals surface area contributed by atoms with E-state index in [2.05, 4.69) is 0 Å². The molecule has 0 heterocycles. The molecule has 0 fully saturated rings. The zero-order valence-electron chi connectivity index (χ0n) is 9.68. The Hall–Kier alpha value is -1.60. The van der Waals surface area contributed by atoms with Crippen molar-refractivity contribution in [2.75, 3.05) is 14.2 Å². The predicted molar refractivity (Wildman–Crippen MR) is 60.9 cm³/mol. The normalized spacial score (nSPS) is 11.1. The number of methoxy groups -OCH3 is 2. The molecule has 0 aromatic heterocycles. The number of nitrogens with two attached hydrogens (primary N) is 1. The van der Waals surface area contributed by atoms with Crippen molar-refractivity contribution in [2.45, 2.75) is 11.8 Å². The van der Waals surface area contributed by atoms with E-state index in [1.54, 1.807) is 0 Å². The van der Waals surface area contributed by atoms with E-state index >= 15 is 0 Å². The largest absolute Gasteiger partial charge is 0.496 e. The number of benzene rings is 1. The van der Waals surface area contributed by atoms with Crippen molar-refractivity contribution in [1.82, 2.24) is 0 Å². The molecule has 0 aliphatic carbocycles. The zero-order chi connectivity index (χ0) is 13.2. The molecule has 0 atom stereocenters. The average Bonchev–Trinajstić information content (AvgIpc) is 2.25. The lowest BCUT2D eigenvalue weighted by molar-refractivity contribution is 0.101. The number of carbonyl (C=O) groups excluding carboxylic acids is 1. The lowest BCUT2D eigenvalue weighted by Crippen LogP contribution is -2.14. The van der Waals surface area contributed by atoms with Gasteiger partial charge in [0.15, 0.2) is 5.78 Å². The highest BCUT2D eigenvalue weighted by molar-refractivity contribution is 7.89. The standard InChI is InChI=1S/C10H13NO5S/c1-6(12)7-4-9(16-3)10(17(11,13)14)5-8(7)15-2/h4-5H,1-3H3,(H2,11,13,14). The van der Waals surface area contributed by atoms with Crippen LogP contribution in [0.4, 0.5) is 0 Å². The summed E-state index contributed by atoms with van der Waals surface area (Å²) in [6.07, 6.45) is 0. The van der Waals surface area contributed by atoms with Crippen LogP contribution in [0, 0.1) is 0 Å². The molecule has 6 nitrogen and oxygen atoms in total. The first-order valence-electron chi connectivity index (χ1n) is 4.61. The van der Waals surface area contributed by atoms with E-state index in [0.29, 0.717) is 0 Å². The Labute approximate surface area is 99.4 Å². The third kappa shape index (κ3) is 2.75. The molecule has 1 aromatic rings. The topological polar surface area (TPSA) is 95.7 Å². The van der Waals surface area contributed by atoms with Gasteiger partial charge in [-0.2, -0.15) is 0 Å². The molecule has 0 saturated heterocycles. The van der Waals surface area contributed by atoms with Crippen molar-refractivity contribution in [3.8, 4) is 11.5 Å². The van der Waals surface area contributed by atoms with E-state index in [1.807, 2.05) is 0 Å². The number of ether oxygens (including phenoxy) is 2. The Morgan fingerprint density at radius 3 is 2.06 bits per heavy atom. The highest BCUT2D eigenvalue weighted by Gasteiger charge is 2.20. The van der Waals surface area contributed by atoms with Crippen molar-refractivity contribution in [1.29, 1.82) is 0 Å². The average molecular weight is 259 g/mol. The minimum atomic E-state index is -3.94. The van der Waals surface area contributed by atoms with Gasteiger partial charge in [0.25, 0.3) is 0 Å². The molecule has 94 valence electrons. The van der Waals surface area contributed by atoms with E-state index in [1.165, 1.54) is 33.3 Å². The van der Waals surface area contributed by atoms with Gasteiger partial charge in [-0.15, -0.1) is 0 Å². The Kier molecular flexibility index (Phi) is 3.74. The van der Waals surface area contributed by atoms with E-state index in [0.717, 1.165) is 0 Å². The van der Waals surface area contributed by atoms with Gasteiger partial charge < -0.3 is 9.47 Å². The van der Waals surface area contributed by atoms with Crippen molar-refractivity contribution >= 4 is 15.8 Å². The molecular weight excluding hydrogens is 246 g/mol. The van der Waals surface area contributed by atoms with Crippen LogP contribution in [-0.4, -0.2) is 28.4 Å². The van der Waals surface area contributed by atoms with E-state index in [4.69, 9.17) is 14.6 Å². The van der Waals surface area contributed by atoms with Crippen LogP contribution in [0.5, 0.6) is 11.5 Å². The summed E-state index contributed by atoms with van der Waals surface area (Å²) in [4.78, 5) is 11.1. The molecule has 0 aliphatic heterocycles. The second-order valence-corrected chi connectivity index (χ2v) is 4.83. The molecule has 0 unspecified atom stereocenters. The van der Waals surface area contributed by atoms with Crippen LogP contribution >= 0.6 is 0 Å². The molecule has 7 heteroatoms. The predicted octanol–water partition coefficient (Wildman–Crippen LogP) is 0.554. The summed E-state index contributed by atoms with van der Waals surface area (Å²) < 4.78 is 32.5. The van der Waals surface area contributed by atoms with Crippen LogP contribution in [0.15, 0.2) is 17.0 Å². The number of primary sulfonamides is 1. The van der Waals surface area contributed by atoms with Crippen molar-refractivity contribution < 1.29 is 22.7 Å². The lowest BCUT2D eigenvalue weighted by Gasteiger charge is -2.12. The lowest BCUT2D eigenvalue weighted by atomic mass is 10.1. The minimum absolute atomic E-state index is 0.0125. The number of hydrogen-bond donors (Lipinski definition) is 1. The van der Waals surface area contributed by atoms with Gasteiger partial charge in [-0.25, -0.2) is 13.6 Å². The van der Waals surface area contributed by atoms with Gasteiger partial charge >= 0.3 is 0 Å². The number of Topliss-reactive ketones (excluding diaryl/α,β-unsaturated/α-hetero) is 1. The molecule has 0 bridgehead atoms. The Bertz CT molecular complexity index is 550. The van der Waals surface area contributed by atoms with E-state index < -0.39 is 10.0 Å². The fraction of sp³-hybridized carbons (Fsp3) is 0.300. The summed E-state index contributed by atoms with van der Waals surface area (Å²) in [7, 11) is -1.31. The summed E-state index contributed by atoms with van der Waals surface area (Å²) in [5, 5.41) is 5.03. The molecule has 2 N–H and O–H groups in total. The quantitative estimate of drug-likeness (QED) is 0.797. The van der Waals surface area contributed by atoms with Crippen LogP contribution in [-0.2, 0) is 10.0 Å². The Morgan fingerprint density at radius 2 is 1.71 bits per heavy atom. The van der Waals surface area contributed by atoms with Crippen molar-refractivity contribution in [2.24, 2.45) is 5.14 Å². The van der Waals surface area contributed by atoms with Crippen LogP contribution in [0.25, 0.3) is 0 Å². The molecule has 1 rings (SSSR count). The summed E-state index contributed by atoms with van der Waals surface area (Å²) in [6, 6.07) is 2.46. The highest BCUT2D eigenvalue weighted by atomic mass is 32.2. The molecule has 1 aromatic carbocycles. The number of carbonyl (C=O) groups is 1. The molecule has 0 amide bonds. The van der Waals surface area contributed by atoms with Gasteiger partial charge in [-0.3, -0.25) is 4.79 Å². The van der Waals surface area contributed by atoms with Crippen molar-refractivity contribution in [3.63, 3.8) is 0 Å². The first-order chi connectivity index (χ1) is 7.81. The maximum Gasteiger partial charge on any atom is 0.241 e. The van der Waals surface area contributed by atoms with Crippen LogP contribution in [0.3, 0.4) is 0 Å². The van der Waals surface area contributed by atoms with Crippen LogP contribution in [0.1, 0.15) is 17.3 Å². The molecular formula is C10H13NO5S. The van der Waals surface area contributed by atoms with Gasteiger partial charge in [0.05, 0.1) is 19.8 Å². The molecule has 17 heavy (non-hydrogen) atoms. The number of sulfonamides is 1. The van der Waals surface area contributed by atoms with Crippen LogP contribution < -0.4 is 14.6 Å². The third-order valence-corrected chi connectivity index (χ3v) is 3.10. The number of ketones is 1. The maximum absolute atomic E-state index is 11.3. The molecule has 0 saturated carbocycles. The Balaban J connectivity index is 3.61. The van der Waals surface area contributed by atoms with Crippen LogP contribution in [0.2, 0.25) is 0 Å². The van der Waals surface area contributed by atoms with Gasteiger partial charge in [0.2, 0.25) is 10.0 Å². The minimum Gasteiger partial charge on any atom is -0.496 e. The maximum atomic E-state index is 11.3. The number of rotatable bonds is 4. The SMILES string of the molecule is COc1cc(S(N)(=O)=O)c(OC)cc1C(C)=O. The molecule has 0 aliphatic rings. The van der Waals surface area contributed by atoms with Gasteiger partial charge in [-0.05, 0) is 13.0 Å². The monoisotopic (exact) mass is 259 g/mol. The first kappa shape index (κ1) is 13.5. The fourth-order valence-corrected chi connectivity index (χ4v) is 2.06. The van der Waals surface area contributed by atoms with E-state index in [-0.39, 0.29) is 27.7 Å². The zero-order valence-corrected chi connectivity index (χ0v) is 10.5. The van der Waals surface area contributed by atoms with Gasteiger partial charge in [-0.1, -0.05) is 0 Å². The second kappa shape index (κ2) is 4.72. The second-order valence-electron chi connectivity index (χ2n) is 3.30. The summed E-state index contributed by atoms with van der Waals surface area (Å²) in [6.45, 7) is 1.34. The number of hydrogen-bond acceptors (Lipinski definition) is 5. The smallest absolute Gasteiger partial charge is 0.241 e. The highest BCUT2D eigenvalue weighted by Crippen LogP contribution is 2.31. The van der Waals surface area contributed by atoms with Gasteiger partial charge in [0.1, 0.15) is 16.4 Å². The van der Waals surface area contributed by atoms with Crippen molar-refractivity contribution in [3.05, 3.63) is 17.7 Å². The molecule has 0 radical (unpaired) electrons. The Morgan fingerprint density at radius 1 is 1.18 bits per heavy atom. The first-order valence-corrected chi connectivity index (χ1v) is 6.15. The third-order valence-electron chi connectivity index (χ3n) is 2.17. The summed E-state index contributed by atoms with van der Waals surface area (Å²) >= 11 is 0. The summed E-state index contributed by atoms with van der Waals surface area (Å²) in [5.74, 6) is -0.109.